The minimum Gasteiger partial charge on any atom is -0.322 e. The van der Waals surface area contributed by atoms with E-state index in [-0.39, 0.29) is 5.56 Å². The van der Waals surface area contributed by atoms with E-state index in [1.165, 1.54) is 0 Å². The Hall–Kier alpha value is -2.17. The maximum Gasteiger partial charge on any atom is 0.262 e. The molecule has 1 heterocycles. The van der Waals surface area contributed by atoms with Crippen molar-refractivity contribution in [1.29, 1.82) is 0 Å². The number of nitrogens with one attached hydrogen (secondary N) is 2. The number of aromatic amines is 1. The normalized spacial score (nSPS) is 12.5. The summed E-state index contributed by atoms with van der Waals surface area (Å²) in [7, 11) is 0. The molecule has 0 saturated heterocycles. The number of anilines is 1. The minimum absolute atomic E-state index is 0.0358. The van der Waals surface area contributed by atoms with Crippen molar-refractivity contribution in [3.63, 3.8) is 0 Å². The fourth-order valence-electron chi connectivity index (χ4n) is 2.72. The van der Waals surface area contributed by atoms with Crippen LogP contribution in [0.4, 0.5) is 10.1 Å². The van der Waals surface area contributed by atoms with Crippen molar-refractivity contribution >= 4 is 11.6 Å². The van der Waals surface area contributed by atoms with E-state index in [0.717, 1.165) is 17.7 Å². The number of halogens is 1. The summed E-state index contributed by atoms with van der Waals surface area (Å²) < 4.78 is 13.6. The van der Waals surface area contributed by atoms with Gasteiger partial charge < -0.3 is 5.32 Å². The average Bonchev–Trinajstić information content (AvgIpc) is 2.78. The zero-order valence-electron chi connectivity index (χ0n) is 13.4. The number of hydrogen-bond donors (Lipinski definition) is 2. The van der Waals surface area contributed by atoms with Gasteiger partial charge in [-0.05, 0) is 36.8 Å². The molecule has 0 aliphatic heterocycles. The van der Waals surface area contributed by atoms with Crippen molar-refractivity contribution in [2.75, 3.05) is 5.32 Å². The van der Waals surface area contributed by atoms with Gasteiger partial charge in [-0.3, -0.25) is 9.89 Å². The molecule has 1 aromatic heterocycles. The van der Waals surface area contributed by atoms with Crippen LogP contribution in [0, 0.1) is 18.8 Å². The van der Waals surface area contributed by atoms with Gasteiger partial charge in [-0.15, -0.1) is 5.10 Å². The Labute approximate surface area is 130 Å². The van der Waals surface area contributed by atoms with Gasteiger partial charge in [0.2, 0.25) is 5.95 Å². The van der Waals surface area contributed by atoms with Crippen molar-refractivity contribution in [2.24, 2.45) is 5.92 Å². The first-order valence-corrected chi connectivity index (χ1v) is 7.50. The summed E-state index contributed by atoms with van der Waals surface area (Å²) in [5.41, 5.74) is 2.17. The molecule has 0 bridgehead atoms. The lowest BCUT2D eigenvalue weighted by Crippen LogP contribution is -2.16. The highest BCUT2D eigenvalue weighted by Gasteiger charge is 2.20. The number of benzene rings is 1. The van der Waals surface area contributed by atoms with Crippen molar-refractivity contribution in [1.82, 2.24) is 10.2 Å². The first-order valence-electron chi connectivity index (χ1n) is 7.50. The molecule has 0 spiro atoms. The van der Waals surface area contributed by atoms with Crippen LogP contribution in [-0.2, 0) is 0 Å². The molecule has 1 aromatic carbocycles. The topological polar surface area (TPSA) is 57.8 Å². The quantitative estimate of drug-likeness (QED) is 0.867. The van der Waals surface area contributed by atoms with E-state index in [4.69, 9.17) is 0 Å². The minimum atomic E-state index is -0.775. The van der Waals surface area contributed by atoms with Crippen molar-refractivity contribution in [3.05, 3.63) is 47.0 Å². The number of amides is 1. The summed E-state index contributed by atoms with van der Waals surface area (Å²) in [5, 5.41) is 8.71. The summed E-state index contributed by atoms with van der Waals surface area (Å²) >= 11 is 0. The Morgan fingerprint density at radius 1 is 1.32 bits per heavy atom. The van der Waals surface area contributed by atoms with Crippen LogP contribution in [0.2, 0.25) is 0 Å². The van der Waals surface area contributed by atoms with Gasteiger partial charge in [0.1, 0.15) is 5.56 Å². The number of aromatic nitrogens is 2. The summed E-state index contributed by atoms with van der Waals surface area (Å²) in [6.45, 7) is 8.09. The second-order valence-electron chi connectivity index (χ2n) is 6.09. The predicted molar refractivity (Wildman–Crippen MR) is 85.5 cm³/mol. The van der Waals surface area contributed by atoms with E-state index in [2.05, 4.69) is 36.3 Å². The largest absolute Gasteiger partial charge is 0.322 e. The zero-order valence-corrected chi connectivity index (χ0v) is 13.4. The lowest BCUT2D eigenvalue weighted by Gasteiger charge is -2.18. The molecule has 0 radical (unpaired) electrons. The molecular weight excluding hydrogens is 281 g/mol. The standard InChI is InChI=1S/C17H22FN3O/c1-10(2)9-11(3)13-7-5-6-8-14(13)19-17(22)15-12(4)20-21-16(15)18/h5-8,10-11H,9H2,1-4H3,(H,19,22)(H,20,21). The van der Waals surface area contributed by atoms with Gasteiger partial charge in [0.15, 0.2) is 0 Å². The van der Waals surface area contributed by atoms with E-state index in [1.807, 2.05) is 24.3 Å². The van der Waals surface area contributed by atoms with Crippen molar-refractivity contribution in [2.45, 2.75) is 40.0 Å². The number of carbonyl (C=O) groups is 1. The third-order valence-electron chi connectivity index (χ3n) is 3.69. The van der Waals surface area contributed by atoms with Gasteiger partial charge in [-0.2, -0.15) is 4.39 Å². The number of para-hydroxylation sites is 1. The number of H-pyrrole nitrogens is 1. The Kier molecular flexibility index (Phi) is 4.96. The number of rotatable bonds is 5. The second kappa shape index (κ2) is 6.73. The average molecular weight is 303 g/mol. The molecule has 22 heavy (non-hydrogen) atoms. The predicted octanol–water partition coefficient (Wildman–Crippen LogP) is 4.26. The molecular formula is C17H22FN3O. The Bertz CT molecular complexity index is 644. The van der Waals surface area contributed by atoms with Crippen LogP contribution in [0.1, 0.15) is 54.7 Å². The molecule has 1 atom stereocenters. The van der Waals surface area contributed by atoms with Crippen LogP contribution in [0.5, 0.6) is 0 Å². The lowest BCUT2D eigenvalue weighted by atomic mass is 9.91. The van der Waals surface area contributed by atoms with Crippen LogP contribution in [-0.4, -0.2) is 16.1 Å². The molecule has 0 aliphatic carbocycles. The third-order valence-corrected chi connectivity index (χ3v) is 3.69. The van der Waals surface area contributed by atoms with Crippen LogP contribution < -0.4 is 5.32 Å². The van der Waals surface area contributed by atoms with Crippen LogP contribution in [0.25, 0.3) is 0 Å². The van der Waals surface area contributed by atoms with E-state index < -0.39 is 11.9 Å². The number of nitrogens with zero attached hydrogens (tertiary/aromatic N) is 1. The van der Waals surface area contributed by atoms with Gasteiger partial charge in [-0.1, -0.05) is 39.0 Å². The van der Waals surface area contributed by atoms with E-state index in [9.17, 15) is 9.18 Å². The summed E-state index contributed by atoms with van der Waals surface area (Å²) in [6, 6.07) is 7.66. The van der Waals surface area contributed by atoms with Crippen LogP contribution in [0.3, 0.4) is 0 Å². The Balaban J connectivity index is 2.25. The summed E-state index contributed by atoms with van der Waals surface area (Å²) in [6.07, 6.45) is 1.02. The number of carbonyl (C=O) groups excluding carboxylic acids is 1. The monoisotopic (exact) mass is 303 g/mol. The van der Waals surface area contributed by atoms with E-state index in [0.29, 0.717) is 17.5 Å². The maximum atomic E-state index is 13.6. The summed E-state index contributed by atoms with van der Waals surface area (Å²) in [4.78, 5) is 12.3. The van der Waals surface area contributed by atoms with Crippen molar-refractivity contribution in [3.8, 4) is 0 Å². The van der Waals surface area contributed by atoms with Crippen molar-refractivity contribution < 1.29 is 9.18 Å². The smallest absolute Gasteiger partial charge is 0.262 e. The molecule has 2 N–H and O–H groups in total. The number of hydrogen-bond acceptors (Lipinski definition) is 2. The van der Waals surface area contributed by atoms with Crippen LogP contribution in [0.15, 0.2) is 24.3 Å². The van der Waals surface area contributed by atoms with Crippen LogP contribution >= 0.6 is 0 Å². The van der Waals surface area contributed by atoms with Gasteiger partial charge in [0.05, 0.1) is 0 Å². The molecule has 2 rings (SSSR count). The number of aryl methyl sites for hydroxylation is 1. The first kappa shape index (κ1) is 16.2. The molecule has 4 nitrogen and oxygen atoms in total. The van der Waals surface area contributed by atoms with Gasteiger partial charge in [-0.25, -0.2) is 0 Å². The Morgan fingerprint density at radius 2 is 2.00 bits per heavy atom. The molecule has 1 unspecified atom stereocenters. The first-order chi connectivity index (χ1) is 10.4. The van der Waals surface area contributed by atoms with E-state index >= 15 is 0 Å². The van der Waals surface area contributed by atoms with E-state index in [1.54, 1.807) is 6.92 Å². The summed E-state index contributed by atoms with van der Waals surface area (Å²) in [5.74, 6) is -0.380. The lowest BCUT2D eigenvalue weighted by molar-refractivity contribution is 0.102. The molecule has 0 aliphatic rings. The fraction of sp³-hybridized carbons (Fsp3) is 0.412. The highest BCUT2D eigenvalue weighted by atomic mass is 19.1. The maximum absolute atomic E-state index is 13.6. The molecule has 5 heteroatoms. The third kappa shape index (κ3) is 3.53. The van der Waals surface area contributed by atoms with Gasteiger partial charge in [0.25, 0.3) is 5.91 Å². The highest BCUT2D eigenvalue weighted by molar-refractivity contribution is 6.05. The fourth-order valence-corrected chi connectivity index (χ4v) is 2.72. The SMILES string of the molecule is Cc1[nH]nc(F)c1C(=O)Nc1ccccc1C(C)CC(C)C. The van der Waals surface area contributed by atoms with Gasteiger partial charge in [0, 0.05) is 11.4 Å². The van der Waals surface area contributed by atoms with Gasteiger partial charge >= 0.3 is 0 Å². The highest BCUT2D eigenvalue weighted by Crippen LogP contribution is 2.29. The molecule has 2 aromatic rings. The molecule has 118 valence electrons. The molecule has 1 amide bonds. The molecule has 0 fully saturated rings. The zero-order chi connectivity index (χ0) is 16.3. The molecule has 0 saturated carbocycles. The Morgan fingerprint density at radius 3 is 2.59 bits per heavy atom. The second-order valence-corrected chi connectivity index (χ2v) is 6.09.